The minimum atomic E-state index is -1.05. The molecule has 1 nitrogen and oxygen atoms in total. The van der Waals surface area contributed by atoms with Gasteiger partial charge in [-0.25, -0.2) is 0 Å². The first-order valence-corrected chi connectivity index (χ1v) is 15.4. The summed E-state index contributed by atoms with van der Waals surface area (Å²) in [6.45, 7) is 0. The molecule has 204 valence electrons. The van der Waals surface area contributed by atoms with Crippen LogP contribution in [0.1, 0.15) is 23.1 Å². The van der Waals surface area contributed by atoms with Gasteiger partial charge in [0.1, 0.15) is 66.1 Å². The van der Waals surface area contributed by atoms with Crippen molar-refractivity contribution >= 4 is 114 Å². The Labute approximate surface area is 293 Å². The van der Waals surface area contributed by atoms with Crippen LogP contribution in [0.3, 0.4) is 0 Å². The maximum atomic E-state index is 6.93. The normalized spacial score (nSPS) is 18.5. The smallest absolute Gasteiger partial charge is 0.143 e. The van der Waals surface area contributed by atoms with Gasteiger partial charge in [0.2, 0.25) is 0 Å². The van der Waals surface area contributed by atoms with Crippen molar-refractivity contribution in [1.82, 2.24) is 0 Å². The van der Waals surface area contributed by atoms with Gasteiger partial charge < -0.3 is 4.42 Å². The second-order valence-corrected chi connectivity index (χ2v) is 12.1. The number of fused-ring (bicyclic) bond motifs is 6. The maximum absolute atomic E-state index is 6.93. The molecule has 2 unspecified atom stereocenters. The molecule has 16 radical (unpaired) electrons. The van der Waals surface area contributed by atoms with Crippen molar-refractivity contribution in [2.24, 2.45) is 0 Å². The Morgan fingerprint density at radius 1 is 0.625 bits per heavy atom. The molecule has 0 aliphatic heterocycles. The molecule has 1 heterocycles. The molecule has 10 heteroatoms. The Hall–Kier alpha value is -4.26. The molecule has 1 aromatic heterocycles. The van der Waals surface area contributed by atoms with Crippen LogP contribution < -0.4 is 21.9 Å². The summed E-state index contributed by atoms with van der Waals surface area (Å²) in [5.41, 5.74) is 9.48. The van der Waals surface area contributed by atoms with Crippen LogP contribution in [-0.2, 0) is 5.41 Å². The predicted molar refractivity (Wildman–Crippen MR) is 209 cm³/mol. The molecule has 0 saturated heterocycles. The van der Waals surface area contributed by atoms with Crippen LogP contribution in [0.25, 0.3) is 44.2 Å². The molecule has 0 spiro atoms. The average Bonchev–Trinajstić information content (AvgIpc) is 3.66. The van der Waals surface area contributed by atoms with E-state index in [4.69, 9.17) is 67.2 Å². The van der Waals surface area contributed by atoms with Crippen molar-refractivity contribution in [3.63, 3.8) is 0 Å². The first-order valence-electron chi connectivity index (χ1n) is 15.4. The number of benzene rings is 5. The third-order valence-electron chi connectivity index (χ3n) is 9.87. The van der Waals surface area contributed by atoms with Gasteiger partial charge in [0.15, 0.2) is 0 Å². The van der Waals surface area contributed by atoms with E-state index in [-0.39, 0.29) is 16.4 Å². The van der Waals surface area contributed by atoms with Crippen molar-refractivity contribution in [2.45, 2.75) is 17.7 Å². The molecule has 8 rings (SSSR count). The first kappa shape index (κ1) is 32.3. The molecule has 0 bridgehead atoms. The first-order chi connectivity index (χ1) is 23.2. The second-order valence-electron chi connectivity index (χ2n) is 12.1. The third kappa shape index (κ3) is 4.38. The Morgan fingerprint density at radius 2 is 1.25 bits per heavy atom. The summed E-state index contributed by atoms with van der Waals surface area (Å²) < 4.78 is 6.35. The standard InChI is InChI=1S/C37H18B8O.CHB/c38-25-16-24(29(39)33(43)30(25)40)37(23-10-3-1-7-22(23)27-28(37)32(42)35(45)34(44)31(27)41)18-14-12-17(13-15-18)19-8-5-9-21-20-6-2-4-11-26(20)46-36(19)21;1-2/h1-15,25H,16H2;1H. The fourth-order valence-corrected chi connectivity index (χ4v) is 7.64. The summed E-state index contributed by atoms with van der Waals surface area (Å²) in [4.78, 5) is 0. The zero-order chi connectivity index (χ0) is 34.1. The molecule has 2 aliphatic carbocycles. The van der Waals surface area contributed by atoms with E-state index in [9.17, 15) is 0 Å². The van der Waals surface area contributed by atoms with Gasteiger partial charge in [-0.3, -0.25) is 0 Å². The van der Waals surface area contributed by atoms with Crippen LogP contribution in [0.15, 0.2) is 117 Å². The fourth-order valence-electron chi connectivity index (χ4n) is 7.64. The third-order valence-corrected chi connectivity index (χ3v) is 9.87. The van der Waals surface area contributed by atoms with Crippen LogP contribution in [0.2, 0.25) is 5.82 Å². The Kier molecular flexibility index (Phi) is 8.08. The number of rotatable bonds is 3. The monoisotopic (exact) mass is 590 g/mol. The van der Waals surface area contributed by atoms with E-state index in [1.54, 1.807) is 0 Å². The fraction of sp³-hybridized carbons (Fsp3) is 0.0789. The van der Waals surface area contributed by atoms with Gasteiger partial charge >= 0.3 is 13.6 Å². The maximum Gasteiger partial charge on any atom is 0.143 e. The molecule has 6 aromatic rings. The Balaban J connectivity index is 0.00000179. The Morgan fingerprint density at radius 3 is 2.00 bits per heavy atom. The zero-order valence-electron chi connectivity index (χ0n) is 26.1. The van der Waals surface area contributed by atoms with E-state index in [1.807, 2.05) is 48.5 Å². The molecule has 2 aliphatic rings. The number of hydrogen-bond donors (Lipinski definition) is 0. The molecule has 0 amide bonds. The number of hydrogen-bond acceptors (Lipinski definition) is 1. The van der Waals surface area contributed by atoms with Crippen molar-refractivity contribution in [2.75, 3.05) is 0 Å². The van der Waals surface area contributed by atoms with Crippen LogP contribution in [-0.4, -0.2) is 70.1 Å². The second kappa shape index (κ2) is 12.0. The van der Waals surface area contributed by atoms with Gasteiger partial charge in [-0.15, -0.1) is 27.3 Å². The van der Waals surface area contributed by atoms with Gasteiger partial charge in [-0.05, 0) is 45.9 Å². The summed E-state index contributed by atoms with van der Waals surface area (Å²) in [6.07, 6.45) is 4.33. The van der Waals surface area contributed by atoms with E-state index in [2.05, 4.69) is 56.1 Å². The van der Waals surface area contributed by atoms with Gasteiger partial charge in [-0.2, -0.15) is 0 Å². The van der Waals surface area contributed by atoms with Crippen molar-refractivity contribution in [1.29, 1.82) is 0 Å². The summed E-state index contributed by atoms with van der Waals surface area (Å²) in [7, 11) is 57.0. The molecule has 48 heavy (non-hydrogen) atoms. The number of para-hydroxylation sites is 2. The van der Waals surface area contributed by atoms with E-state index < -0.39 is 11.2 Å². The minimum absolute atomic E-state index is 0.212. The van der Waals surface area contributed by atoms with E-state index in [0.717, 1.165) is 55.3 Å². The van der Waals surface area contributed by atoms with Gasteiger partial charge in [0.25, 0.3) is 0 Å². The largest absolute Gasteiger partial charge is 0.455 e. The minimum Gasteiger partial charge on any atom is -0.455 e. The molecular formula is C38H19B9O. The summed E-state index contributed by atoms with van der Waals surface area (Å²) in [6, 6.07) is 30.5. The van der Waals surface area contributed by atoms with Gasteiger partial charge in [-0.1, -0.05) is 107 Å². The van der Waals surface area contributed by atoms with Crippen LogP contribution in [0, 0.1) is 6.31 Å². The van der Waals surface area contributed by atoms with Gasteiger partial charge in [0, 0.05) is 16.3 Å². The van der Waals surface area contributed by atoms with Crippen LogP contribution >= 0.6 is 0 Å². The summed E-state index contributed by atoms with van der Waals surface area (Å²) >= 11 is 0. The van der Waals surface area contributed by atoms with Gasteiger partial charge in [0.05, 0.1) is 13.3 Å². The summed E-state index contributed by atoms with van der Waals surface area (Å²) in [5, 5.41) is 2.12. The SMILES string of the molecule is B#C.[B]C1=C([B])C([B])CC(C2(c3ccc(-c4cccc5c4oc4ccccc45)cc3)c3ccccc3-c3c([B])c([B])c([B])c([B])c32)=C1[B]. The quantitative estimate of drug-likeness (QED) is 0.290. The average molecular weight is 589 g/mol. The van der Waals surface area contributed by atoms with Crippen LogP contribution in [0.4, 0.5) is 0 Å². The topological polar surface area (TPSA) is 13.1 Å². The van der Waals surface area contributed by atoms with Crippen molar-refractivity contribution < 1.29 is 4.42 Å². The van der Waals surface area contributed by atoms with Crippen molar-refractivity contribution in [3.05, 3.63) is 130 Å². The van der Waals surface area contributed by atoms with E-state index in [0.29, 0.717) is 39.4 Å². The summed E-state index contributed by atoms with van der Waals surface area (Å²) in [5.74, 6) is -0.565. The van der Waals surface area contributed by atoms with Crippen LogP contribution in [0.5, 0.6) is 0 Å². The predicted octanol–water partition coefficient (Wildman–Crippen LogP) is 2.82. The van der Waals surface area contributed by atoms with E-state index in [1.165, 1.54) is 0 Å². The number of allylic oxidation sites excluding steroid dienone is 4. The van der Waals surface area contributed by atoms with E-state index >= 15 is 0 Å². The number of furan rings is 1. The Bertz CT molecular complexity index is 2380. The molecule has 0 saturated carbocycles. The van der Waals surface area contributed by atoms with Crippen molar-refractivity contribution in [3.8, 4) is 28.6 Å². The zero-order valence-corrected chi connectivity index (χ0v) is 26.1. The molecule has 0 N–H and O–H groups in total. The molecule has 2 atom stereocenters. The molecule has 0 fully saturated rings. The molecular weight excluding hydrogens is 570 g/mol. The molecule has 5 aromatic carbocycles.